The van der Waals surface area contributed by atoms with Crippen LogP contribution in [-0.2, 0) is 0 Å². The standard InChI is InChI=1S/C6H6N6O/c7-6(9-13)4-2-1-3-5-8-10-11-12(4)5/h1-3,13H,(H2,7,9). The van der Waals surface area contributed by atoms with Gasteiger partial charge in [0, 0.05) is 0 Å². The molecule has 0 saturated heterocycles. The van der Waals surface area contributed by atoms with Crippen LogP contribution in [0.15, 0.2) is 23.4 Å². The molecule has 0 spiro atoms. The molecule has 66 valence electrons. The lowest BCUT2D eigenvalue weighted by Crippen LogP contribution is -2.17. The number of rotatable bonds is 1. The first kappa shape index (κ1) is 7.47. The predicted octanol–water partition coefficient (Wildman–Crippen LogP) is -0.781. The molecular formula is C6H6N6O. The van der Waals surface area contributed by atoms with Crippen molar-refractivity contribution < 1.29 is 5.21 Å². The fraction of sp³-hybridized carbons (Fsp3) is 0. The van der Waals surface area contributed by atoms with Crippen molar-refractivity contribution in [3.8, 4) is 0 Å². The van der Waals surface area contributed by atoms with E-state index in [2.05, 4.69) is 20.7 Å². The second-order valence-electron chi connectivity index (χ2n) is 2.35. The molecule has 2 heterocycles. The molecule has 2 rings (SSSR count). The number of hydrogen-bond donors (Lipinski definition) is 2. The Hall–Kier alpha value is -2.18. The average molecular weight is 178 g/mol. The fourth-order valence-electron chi connectivity index (χ4n) is 1.01. The molecule has 0 aromatic carbocycles. The van der Waals surface area contributed by atoms with Crippen molar-refractivity contribution in [3.63, 3.8) is 0 Å². The van der Waals surface area contributed by atoms with Crippen molar-refractivity contribution in [2.24, 2.45) is 10.9 Å². The molecule has 0 amide bonds. The second-order valence-corrected chi connectivity index (χ2v) is 2.35. The third kappa shape index (κ3) is 1.06. The number of fused-ring (bicyclic) bond motifs is 1. The number of tetrazole rings is 1. The lowest BCUT2D eigenvalue weighted by Gasteiger charge is -1.98. The Morgan fingerprint density at radius 2 is 2.38 bits per heavy atom. The monoisotopic (exact) mass is 178 g/mol. The fourth-order valence-corrected chi connectivity index (χ4v) is 1.01. The van der Waals surface area contributed by atoms with E-state index in [1.165, 1.54) is 4.52 Å². The van der Waals surface area contributed by atoms with Crippen molar-refractivity contribution in [1.29, 1.82) is 0 Å². The minimum absolute atomic E-state index is 0.0297. The lowest BCUT2D eigenvalue weighted by atomic mass is 10.3. The minimum atomic E-state index is -0.0297. The van der Waals surface area contributed by atoms with Gasteiger partial charge in [0.15, 0.2) is 11.5 Å². The van der Waals surface area contributed by atoms with Crippen LogP contribution in [0.5, 0.6) is 0 Å². The van der Waals surface area contributed by atoms with Gasteiger partial charge >= 0.3 is 0 Å². The van der Waals surface area contributed by atoms with Gasteiger partial charge in [-0.1, -0.05) is 11.2 Å². The molecule has 0 fully saturated rings. The van der Waals surface area contributed by atoms with Gasteiger partial charge in [0.2, 0.25) is 0 Å². The topological polar surface area (TPSA) is 102 Å². The maximum absolute atomic E-state index is 8.47. The molecule has 13 heavy (non-hydrogen) atoms. The number of oxime groups is 1. The van der Waals surface area contributed by atoms with Crippen molar-refractivity contribution in [3.05, 3.63) is 23.9 Å². The largest absolute Gasteiger partial charge is 0.409 e. The van der Waals surface area contributed by atoms with Crippen LogP contribution >= 0.6 is 0 Å². The van der Waals surface area contributed by atoms with E-state index >= 15 is 0 Å². The number of amidine groups is 1. The lowest BCUT2D eigenvalue weighted by molar-refractivity contribution is 0.318. The number of nitrogens with two attached hydrogens (primary N) is 1. The molecule has 3 N–H and O–H groups in total. The number of pyridine rings is 1. The maximum Gasteiger partial charge on any atom is 0.188 e. The molecule has 0 bridgehead atoms. The first-order valence-corrected chi connectivity index (χ1v) is 3.48. The van der Waals surface area contributed by atoms with E-state index in [4.69, 9.17) is 10.9 Å². The summed E-state index contributed by atoms with van der Waals surface area (Å²) in [7, 11) is 0. The van der Waals surface area contributed by atoms with E-state index in [9.17, 15) is 0 Å². The van der Waals surface area contributed by atoms with Gasteiger partial charge in [0.05, 0.1) is 0 Å². The van der Waals surface area contributed by atoms with Gasteiger partial charge in [-0.2, -0.15) is 4.52 Å². The molecule has 0 atom stereocenters. The SMILES string of the molecule is N/C(=N/O)c1cccc2nnnn12. The van der Waals surface area contributed by atoms with Crippen LogP contribution in [0.2, 0.25) is 0 Å². The number of aromatic nitrogens is 4. The Labute approximate surface area is 72.5 Å². The van der Waals surface area contributed by atoms with Gasteiger partial charge in [-0.15, -0.1) is 5.10 Å². The van der Waals surface area contributed by atoms with Crippen LogP contribution in [0.1, 0.15) is 5.69 Å². The molecule has 2 aromatic rings. The van der Waals surface area contributed by atoms with Crippen molar-refractivity contribution >= 4 is 11.5 Å². The van der Waals surface area contributed by atoms with Gasteiger partial charge in [-0.3, -0.25) is 0 Å². The van der Waals surface area contributed by atoms with Crippen LogP contribution in [0, 0.1) is 0 Å². The predicted molar refractivity (Wildman–Crippen MR) is 43.3 cm³/mol. The average Bonchev–Trinajstić information content (AvgIpc) is 2.63. The molecule has 0 radical (unpaired) electrons. The van der Waals surface area contributed by atoms with Crippen LogP contribution in [0.25, 0.3) is 5.65 Å². The number of hydrogen-bond acceptors (Lipinski definition) is 5. The summed E-state index contributed by atoms with van der Waals surface area (Å²) >= 11 is 0. The Morgan fingerprint density at radius 1 is 1.54 bits per heavy atom. The highest BCUT2D eigenvalue weighted by atomic mass is 16.4. The van der Waals surface area contributed by atoms with E-state index in [1.54, 1.807) is 18.2 Å². The van der Waals surface area contributed by atoms with E-state index < -0.39 is 0 Å². The van der Waals surface area contributed by atoms with Crippen LogP contribution in [0.3, 0.4) is 0 Å². The van der Waals surface area contributed by atoms with Gasteiger partial charge in [-0.05, 0) is 22.6 Å². The smallest absolute Gasteiger partial charge is 0.188 e. The molecular weight excluding hydrogens is 172 g/mol. The Morgan fingerprint density at radius 3 is 3.15 bits per heavy atom. The summed E-state index contributed by atoms with van der Waals surface area (Å²) in [5.41, 5.74) is 6.40. The third-order valence-electron chi connectivity index (χ3n) is 1.59. The molecule has 0 aliphatic heterocycles. The summed E-state index contributed by atoms with van der Waals surface area (Å²) in [5.74, 6) is -0.0297. The molecule has 0 saturated carbocycles. The number of nitrogens with zero attached hydrogens (tertiary/aromatic N) is 5. The molecule has 0 aliphatic carbocycles. The summed E-state index contributed by atoms with van der Waals surface area (Å²) < 4.78 is 1.38. The van der Waals surface area contributed by atoms with Gasteiger partial charge in [0.25, 0.3) is 0 Å². The molecule has 2 aromatic heterocycles. The molecule has 7 nitrogen and oxygen atoms in total. The van der Waals surface area contributed by atoms with Gasteiger partial charge < -0.3 is 10.9 Å². The Balaban J connectivity index is 2.75. The van der Waals surface area contributed by atoms with Crippen molar-refractivity contribution in [2.75, 3.05) is 0 Å². The third-order valence-corrected chi connectivity index (χ3v) is 1.59. The van der Waals surface area contributed by atoms with Crippen molar-refractivity contribution in [2.45, 2.75) is 0 Å². The van der Waals surface area contributed by atoms with Crippen LogP contribution in [-0.4, -0.2) is 31.1 Å². The Bertz CT molecular complexity index is 461. The Kier molecular flexibility index (Phi) is 1.55. The zero-order valence-electron chi connectivity index (χ0n) is 6.49. The quantitative estimate of drug-likeness (QED) is 0.258. The van der Waals surface area contributed by atoms with E-state index in [1.807, 2.05) is 0 Å². The first-order valence-electron chi connectivity index (χ1n) is 3.48. The van der Waals surface area contributed by atoms with Crippen LogP contribution in [0.4, 0.5) is 0 Å². The van der Waals surface area contributed by atoms with Crippen LogP contribution < -0.4 is 5.73 Å². The highest BCUT2D eigenvalue weighted by Gasteiger charge is 2.06. The van der Waals surface area contributed by atoms with E-state index in [0.717, 1.165) is 0 Å². The zero-order valence-corrected chi connectivity index (χ0v) is 6.49. The normalized spacial score (nSPS) is 12.2. The maximum atomic E-state index is 8.47. The zero-order chi connectivity index (χ0) is 9.26. The molecule has 7 heteroatoms. The minimum Gasteiger partial charge on any atom is -0.409 e. The highest BCUT2D eigenvalue weighted by molar-refractivity contribution is 5.95. The summed E-state index contributed by atoms with van der Waals surface area (Å²) in [6, 6.07) is 5.09. The summed E-state index contributed by atoms with van der Waals surface area (Å²) in [6.45, 7) is 0. The summed E-state index contributed by atoms with van der Waals surface area (Å²) in [4.78, 5) is 0. The summed E-state index contributed by atoms with van der Waals surface area (Å²) in [5, 5.41) is 22.2. The summed E-state index contributed by atoms with van der Waals surface area (Å²) in [6.07, 6.45) is 0. The van der Waals surface area contributed by atoms with E-state index in [0.29, 0.717) is 11.3 Å². The van der Waals surface area contributed by atoms with E-state index in [-0.39, 0.29) is 5.84 Å². The van der Waals surface area contributed by atoms with Crippen molar-refractivity contribution in [1.82, 2.24) is 20.0 Å². The second kappa shape index (κ2) is 2.70. The first-order chi connectivity index (χ1) is 6.33. The molecule has 0 aliphatic rings. The van der Waals surface area contributed by atoms with Gasteiger partial charge in [-0.25, -0.2) is 0 Å². The highest BCUT2D eigenvalue weighted by Crippen LogP contribution is 2.01. The molecule has 0 unspecified atom stereocenters. The van der Waals surface area contributed by atoms with Gasteiger partial charge in [0.1, 0.15) is 5.69 Å².